The third kappa shape index (κ3) is 4.45. The number of ether oxygens (including phenoxy) is 1. The maximum absolute atomic E-state index is 13.0. The molecule has 0 radical (unpaired) electrons. The van der Waals surface area contributed by atoms with E-state index in [0.29, 0.717) is 17.3 Å². The molecule has 2 aromatic heterocycles. The summed E-state index contributed by atoms with van der Waals surface area (Å²) in [5, 5.41) is 8.61. The van der Waals surface area contributed by atoms with Crippen LogP contribution in [-0.2, 0) is 22.7 Å². The molecule has 8 heteroatoms. The fourth-order valence-corrected chi connectivity index (χ4v) is 5.58. The average molecular weight is 433 g/mol. The van der Waals surface area contributed by atoms with Crippen molar-refractivity contribution in [1.82, 2.24) is 20.0 Å². The summed E-state index contributed by atoms with van der Waals surface area (Å²) in [6.07, 6.45) is 6.00. The zero-order valence-electron chi connectivity index (χ0n) is 18.1. The van der Waals surface area contributed by atoms with Crippen LogP contribution in [0.5, 0.6) is 0 Å². The summed E-state index contributed by atoms with van der Waals surface area (Å²) < 4.78 is 7.22. The average Bonchev–Trinajstić information content (AvgIpc) is 3.07. The first-order valence-electron chi connectivity index (χ1n) is 11.0. The minimum Gasteiger partial charge on any atom is -0.379 e. The van der Waals surface area contributed by atoms with E-state index in [2.05, 4.69) is 29.2 Å². The minimum atomic E-state index is -0.198. The molecule has 1 saturated heterocycles. The number of carbonyl (C=O) groups excluding carboxylic acids is 1. The van der Waals surface area contributed by atoms with E-state index in [9.17, 15) is 9.59 Å². The van der Waals surface area contributed by atoms with Crippen molar-refractivity contribution >= 4 is 27.3 Å². The molecular formula is C22H32N4O3S. The Balaban J connectivity index is 1.50. The molecule has 0 bridgehead atoms. The minimum absolute atomic E-state index is 0.0358. The second-order valence-electron chi connectivity index (χ2n) is 8.88. The third-order valence-electron chi connectivity index (χ3n) is 6.25. The quantitative estimate of drug-likeness (QED) is 0.728. The van der Waals surface area contributed by atoms with Crippen LogP contribution in [0, 0.1) is 0 Å². The van der Waals surface area contributed by atoms with E-state index in [-0.39, 0.29) is 30.0 Å². The fourth-order valence-electron chi connectivity index (χ4n) is 4.50. The van der Waals surface area contributed by atoms with Crippen molar-refractivity contribution in [1.29, 1.82) is 0 Å². The first-order valence-corrected chi connectivity index (χ1v) is 11.8. The van der Waals surface area contributed by atoms with Gasteiger partial charge in [0.2, 0.25) is 5.91 Å². The van der Waals surface area contributed by atoms with Crippen LogP contribution in [0.15, 0.2) is 10.9 Å². The largest absolute Gasteiger partial charge is 0.379 e. The van der Waals surface area contributed by atoms with Crippen LogP contribution >= 0.6 is 11.3 Å². The summed E-state index contributed by atoms with van der Waals surface area (Å²) in [6, 6.07) is 2.85. The fraction of sp³-hybridized carbons (Fsp3) is 0.682. The molecule has 3 heterocycles. The summed E-state index contributed by atoms with van der Waals surface area (Å²) in [5.74, 6) is 0.0228. The van der Waals surface area contributed by atoms with E-state index >= 15 is 0 Å². The molecule has 2 aliphatic rings. The summed E-state index contributed by atoms with van der Waals surface area (Å²) in [7, 11) is 1.64. The normalized spacial score (nSPS) is 20.6. The highest BCUT2D eigenvalue weighted by Crippen LogP contribution is 2.29. The molecule has 2 aromatic rings. The van der Waals surface area contributed by atoms with Crippen LogP contribution in [-0.4, -0.2) is 52.9 Å². The molecule has 1 atom stereocenters. The van der Waals surface area contributed by atoms with Crippen LogP contribution in [0.2, 0.25) is 0 Å². The Morgan fingerprint density at radius 1 is 1.33 bits per heavy atom. The summed E-state index contributed by atoms with van der Waals surface area (Å²) in [5.41, 5.74) is 0.654. The van der Waals surface area contributed by atoms with Crippen LogP contribution in [0.1, 0.15) is 62.4 Å². The molecule has 1 saturated carbocycles. The second-order valence-corrected chi connectivity index (χ2v) is 10.0. The highest BCUT2D eigenvalue weighted by molar-refractivity contribution is 7.19. The molecule has 1 aliphatic carbocycles. The van der Waals surface area contributed by atoms with Crippen molar-refractivity contribution in [3.8, 4) is 0 Å². The van der Waals surface area contributed by atoms with Gasteiger partial charge in [-0.2, -0.15) is 5.10 Å². The van der Waals surface area contributed by atoms with Gasteiger partial charge in [0.25, 0.3) is 5.56 Å². The summed E-state index contributed by atoms with van der Waals surface area (Å²) >= 11 is 1.43. The topological polar surface area (TPSA) is 76.5 Å². The molecule has 4 rings (SSSR count). The Kier molecular flexibility index (Phi) is 6.55. The summed E-state index contributed by atoms with van der Waals surface area (Å²) in [6.45, 7) is 6.60. The lowest BCUT2D eigenvalue weighted by Crippen LogP contribution is -2.53. The molecule has 1 aliphatic heterocycles. The number of nitrogens with one attached hydrogen (secondary N) is 1. The lowest BCUT2D eigenvalue weighted by atomic mass is 9.89. The molecular weight excluding hydrogens is 400 g/mol. The number of aromatic nitrogens is 2. The predicted molar refractivity (Wildman–Crippen MR) is 119 cm³/mol. The predicted octanol–water partition coefficient (Wildman–Crippen LogP) is 2.86. The molecule has 7 nitrogen and oxygen atoms in total. The number of methoxy groups -OCH3 is 1. The van der Waals surface area contributed by atoms with Crippen LogP contribution < -0.4 is 10.9 Å². The SMILES string of the molecule is COCc1cc2c(C(C)C)nn(CC(=O)N[C@@H]3CCCN(C4CCC4)C3)c(=O)c2s1. The number of carbonyl (C=O) groups is 1. The van der Waals surface area contributed by atoms with Crippen LogP contribution in [0.25, 0.3) is 10.1 Å². The highest BCUT2D eigenvalue weighted by Gasteiger charge is 2.30. The number of rotatable bonds is 7. The Morgan fingerprint density at radius 2 is 2.13 bits per heavy atom. The maximum atomic E-state index is 13.0. The lowest BCUT2D eigenvalue weighted by molar-refractivity contribution is -0.123. The number of hydrogen-bond acceptors (Lipinski definition) is 6. The molecule has 1 N–H and O–H groups in total. The molecule has 0 aromatic carbocycles. The van der Waals surface area contributed by atoms with E-state index in [1.807, 2.05) is 6.07 Å². The molecule has 1 amide bonds. The van der Waals surface area contributed by atoms with Gasteiger partial charge in [0.05, 0.1) is 12.3 Å². The summed E-state index contributed by atoms with van der Waals surface area (Å²) in [4.78, 5) is 29.3. The van der Waals surface area contributed by atoms with Crippen molar-refractivity contribution in [2.45, 2.75) is 77.1 Å². The third-order valence-corrected chi connectivity index (χ3v) is 7.35. The number of thiophene rings is 1. The zero-order valence-corrected chi connectivity index (χ0v) is 19.0. The number of fused-ring (bicyclic) bond motifs is 1. The number of nitrogens with zero attached hydrogens (tertiary/aromatic N) is 3. The van der Waals surface area contributed by atoms with E-state index in [0.717, 1.165) is 41.9 Å². The van der Waals surface area contributed by atoms with Gasteiger partial charge in [-0.25, -0.2) is 4.68 Å². The number of amides is 1. The standard InChI is InChI=1S/C22H32N4O3S/c1-14(2)20-18-10-17(13-29-3)30-21(18)22(28)26(24-20)12-19(27)23-15-6-5-9-25(11-15)16-7-4-8-16/h10,14-16H,4-9,11-13H2,1-3H3,(H,23,27)/t15-/m1/s1. The Bertz CT molecular complexity index is 963. The van der Waals surface area contributed by atoms with Crippen molar-refractivity contribution in [2.75, 3.05) is 20.2 Å². The van der Waals surface area contributed by atoms with Gasteiger partial charge in [0.15, 0.2) is 0 Å². The highest BCUT2D eigenvalue weighted by atomic mass is 32.1. The van der Waals surface area contributed by atoms with Gasteiger partial charge in [-0.1, -0.05) is 20.3 Å². The molecule has 30 heavy (non-hydrogen) atoms. The van der Waals surface area contributed by atoms with Crippen molar-refractivity contribution < 1.29 is 9.53 Å². The lowest BCUT2D eigenvalue weighted by Gasteiger charge is -2.42. The van der Waals surface area contributed by atoms with Gasteiger partial charge in [0.1, 0.15) is 11.2 Å². The van der Waals surface area contributed by atoms with Crippen molar-refractivity contribution in [3.63, 3.8) is 0 Å². The first-order chi connectivity index (χ1) is 14.5. The molecule has 0 unspecified atom stereocenters. The number of hydrogen-bond donors (Lipinski definition) is 1. The first kappa shape index (κ1) is 21.5. The van der Waals surface area contributed by atoms with Gasteiger partial charge in [-0.15, -0.1) is 11.3 Å². The van der Waals surface area contributed by atoms with Crippen molar-refractivity contribution in [3.05, 3.63) is 27.0 Å². The maximum Gasteiger partial charge on any atom is 0.285 e. The van der Waals surface area contributed by atoms with Crippen LogP contribution in [0.4, 0.5) is 0 Å². The number of likely N-dealkylation sites (tertiary alicyclic amines) is 1. The zero-order chi connectivity index (χ0) is 21.3. The molecule has 164 valence electrons. The Morgan fingerprint density at radius 3 is 2.80 bits per heavy atom. The van der Waals surface area contributed by atoms with E-state index < -0.39 is 0 Å². The van der Waals surface area contributed by atoms with E-state index in [1.54, 1.807) is 7.11 Å². The monoisotopic (exact) mass is 432 g/mol. The van der Waals surface area contributed by atoms with E-state index in [1.165, 1.54) is 35.3 Å². The van der Waals surface area contributed by atoms with Crippen molar-refractivity contribution in [2.24, 2.45) is 0 Å². The van der Waals surface area contributed by atoms with Gasteiger partial charge in [-0.3, -0.25) is 14.5 Å². The Labute approximate surface area is 181 Å². The van der Waals surface area contributed by atoms with Gasteiger partial charge in [0, 0.05) is 36.0 Å². The van der Waals surface area contributed by atoms with Crippen LogP contribution in [0.3, 0.4) is 0 Å². The Hall–Kier alpha value is -1.77. The number of piperidine rings is 1. The van der Waals surface area contributed by atoms with Gasteiger partial charge < -0.3 is 10.1 Å². The smallest absolute Gasteiger partial charge is 0.285 e. The molecule has 2 fully saturated rings. The second kappa shape index (κ2) is 9.16. The molecule has 0 spiro atoms. The van der Waals surface area contributed by atoms with Gasteiger partial charge >= 0.3 is 0 Å². The van der Waals surface area contributed by atoms with Gasteiger partial charge in [-0.05, 0) is 44.2 Å². The van der Waals surface area contributed by atoms with E-state index in [4.69, 9.17) is 4.74 Å².